The Kier molecular flexibility index (Phi) is 5.31. The number of rotatable bonds is 5. The Labute approximate surface area is 171 Å². The van der Waals surface area contributed by atoms with Gasteiger partial charge in [0.2, 0.25) is 4.80 Å². The summed E-state index contributed by atoms with van der Waals surface area (Å²) in [7, 11) is 0. The van der Waals surface area contributed by atoms with Crippen molar-refractivity contribution < 1.29 is 4.92 Å². The molecule has 29 heavy (non-hydrogen) atoms. The Balaban J connectivity index is 1.67. The highest BCUT2D eigenvalue weighted by Gasteiger charge is 2.08. The molecule has 0 spiro atoms. The maximum atomic E-state index is 10.9. The standard InChI is InChI=1S/C22H18N4O2S/c1-2-25-21(19-11-10-17-7-3-4-8-18(17)13-19)15-29-22(25)24-23-14-16-6-5-9-20(12-16)26(27)28/h3-15H,2H2,1H3/b23-14-,24-22-. The molecule has 0 atom stereocenters. The number of hydrogen-bond donors (Lipinski definition) is 0. The van der Waals surface area contributed by atoms with E-state index in [0.29, 0.717) is 5.56 Å². The molecule has 6 nitrogen and oxygen atoms in total. The normalized spacial score (nSPS) is 12.1. The Morgan fingerprint density at radius 2 is 1.90 bits per heavy atom. The van der Waals surface area contributed by atoms with E-state index in [1.807, 2.05) is 12.1 Å². The van der Waals surface area contributed by atoms with E-state index < -0.39 is 4.92 Å². The van der Waals surface area contributed by atoms with Gasteiger partial charge in [0.25, 0.3) is 5.69 Å². The lowest BCUT2D eigenvalue weighted by atomic mass is 10.1. The van der Waals surface area contributed by atoms with Crippen molar-refractivity contribution in [1.82, 2.24) is 4.57 Å². The SMILES string of the molecule is CCn1c(-c2ccc3ccccc3c2)cs/c1=N\N=C/c1cccc([N+](=O)[O-])c1. The zero-order valence-corrected chi connectivity index (χ0v) is 16.5. The van der Waals surface area contributed by atoms with E-state index in [2.05, 4.69) is 57.4 Å². The Bertz CT molecular complexity index is 1290. The molecule has 0 amide bonds. The Hall–Kier alpha value is -3.58. The lowest BCUT2D eigenvalue weighted by molar-refractivity contribution is -0.384. The molecule has 0 N–H and O–H groups in total. The summed E-state index contributed by atoms with van der Waals surface area (Å²) in [5, 5.41) is 23.9. The number of benzene rings is 3. The van der Waals surface area contributed by atoms with Crippen LogP contribution in [0.25, 0.3) is 22.0 Å². The van der Waals surface area contributed by atoms with Crippen molar-refractivity contribution in [2.24, 2.45) is 10.2 Å². The van der Waals surface area contributed by atoms with Crippen molar-refractivity contribution in [3.63, 3.8) is 0 Å². The molecule has 1 aromatic heterocycles. The summed E-state index contributed by atoms with van der Waals surface area (Å²) in [5.74, 6) is 0. The number of fused-ring (bicyclic) bond motifs is 1. The maximum absolute atomic E-state index is 10.9. The van der Waals surface area contributed by atoms with Gasteiger partial charge in [0, 0.05) is 29.6 Å². The van der Waals surface area contributed by atoms with Crippen molar-refractivity contribution in [3.8, 4) is 11.3 Å². The lowest BCUT2D eigenvalue weighted by Gasteiger charge is -2.07. The fraction of sp³-hybridized carbons (Fsp3) is 0.0909. The van der Waals surface area contributed by atoms with E-state index in [0.717, 1.165) is 22.6 Å². The highest BCUT2D eigenvalue weighted by Crippen LogP contribution is 2.25. The highest BCUT2D eigenvalue weighted by atomic mass is 32.1. The average molecular weight is 402 g/mol. The van der Waals surface area contributed by atoms with Gasteiger partial charge in [-0.1, -0.05) is 48.5 Å². The Morgan fingerprint density at radius 1 is 1.07 bits per heavy atom. The second-order valence-corrected chi connectivity index (χ2v) is 7.24. The average Bonchev–Trinajstić information content (AvgIpc) is 3.16. The summed E-state index contributed by atoms with van der Waals surface area (Å²) in [6, 6.07) is 21.0. The monoisotopic (exact) mass is 402 g/mol. The van der Waals surface area contributed by atoms with Gasteiger partial charge in [-0.2, -0.15) is 5.10 Å². The second-order valence-electron chi connectivity index (χ2n) is 6.41. The van der Waals surface area contributed by atoms with E-state index in [1.165, 1.54) is 40.5 Å². The van der Waals surface area contributed by atoms with Crippen molar-refractivity contribution in [2.45, 2.75) is 13.5 Å². The fourth-order valence-electron chi connectivity index (χ4n) is 3.16. The molecule has 3 aromatic carbocycles. The van der Waals surface area contributed by atoms with Gasteiger partial charge < -0.3 is 4.57 Å². The summed E-state index contributed by atoms with van der Waals surface area (Å²) in [5.41, 5.74) is 2.89. The molecule has 4 rings (SSSR count). The third-order valence-electron chi connectivity index (χ3n) is 4.59. The zero-order chi connectivity index (χ0) is 20.2. The highest BCUT2D eigenvalue weighted by molar-refractivity contribution is 7.07. The van der Waals surface area contributed by atoms with Gasteiger partial charge in [0.1, 0.15) is 0 Å². The lowest BCUT2D eigenvalue weighted by Crippen LogP contribution is -2.14. The molecule has 0 radical (unpaired) electrons. The van der Waals surface area contributed by atoms with Crippen LogP contribution in [0.15, 0.2) is 82.3 Å². The minimum atomic E-state index is -0.422. The first-order valence-corrected chi connectivity index (χ1v) is 10.0. The van der Waals surface area contributed by atoms with E-state index in [9.17, 15) is 10.1 Å². The van der Waals surface area contributed by atoms with Crippen LogP contribution in [0.4, 0.5) is 5.69 Å². The van der Waals surface area contributed by atoms with Gasteiger partial charge >= 0.3 is 0 Å². The minimum Gasteiger partial charge on any atom is -0.315 e. The van der Waals surface area contributed by atoms with Crippen molar-refractivity contribution in [1.29, 1.82) is 0 Å². The van der Waals surface area contributed by atoms with E-state index in [4.69, 9.17) is 0 Å². The summed E-state index contributed by atoms with van der Waals surface area (Å²) < 4.78 is 2.11. The van der Waals surface area contributed by atoms with Crippen LogP contribution < -0.4 is 4.80 Å². The molecule has 7 heteroatoms. The number of nitro groups is 1. The van der Waals surface area contributed by atoms with Crippen LogP contribution >= 0.6 is 11.3 Å². The molecule has 0 fully saturated rings. The van der Waals surface area contributed by atoms with E-state index in [1.54, 1.807) is 12.1 Å². The van der Waals surface area contributed by atoms with Crippen molar-refractivity contribution >= 4 is 34.0 Å². The smallest absolute Gasteiger partial charge is 0.270 e. The third kappa shape index (κ3) is 4.00. The van der Waals surface area contributed by atoms with Crippen LogP contribution in [0.3, 0.4) is 0 Å². The maximum Gasteiger partial charge on any atom is 0.270 e. The second kappa shape index (κ2) is 8.20. The largest absolute Gasteiger partial charge is 0.315 e. The van der Waals surface area contributed by atoms with Crippen LogP contribution in [0.5, 0.6) is 0 Å². The van der Waals surface area contributed by atoms with Gasteiger partial charge in [-0.25, -0.2) is 0 Å². The molecule has 0 aliphatic carbocycles. The molecule has 0 saturated carbocycles. The molecule has 0 aliphatic heterocycles. The van der Waals surface area contributed by atoms with Crippen LogP contribution in [-0.4, -0.2) is 15.7 Å². The molecule has 4 aromatic rings. The summed E-state index contributed by atoms with van der Waals surface area (Å²) in [6.07, 6.45) is 1.53. The number of nitrogens with zero attached hydrogens (tertiary/aromatic N) is 4. The van der Waals surface area contributed by atoms with Crippen molar-refractivity contribution in [2.75, 3.05) is 0 Å². The quantitative estimate of drug-likeness (QED) is 0.260. The first-order valence-electron chi connectivity index (χ1n) is 9.15. The van der Waals surface area contributed by atoms with Crippen LogP contribution in [-0.2, 0) is 6.54 Å². The number of nitro benzene ring substituents is 1. The van der Waals surface area contributed by atoms with Crippen LogP contribution in [0.1, 0.15) is 12.5 Å². The van der Waals surface area contributed by atoms with Gasteiger partial charge in [0.05, 0.1) is 16.8 Å². The number of thiazole rings is 1. The molecule has 1 heterocycles. The third-order valence-corrected chi connectivity index (χ3v) is 5.44. The van der Waals surface area contributed by atoms with E-state index >= 15 is 0 Å². The topological polar surface area (TPSA) is 72.8 Å². The predicted molar refractivity (Wildman–Crippen MR) is 117 cm³/mol. The fourth-order valence-corrected chi connectivity index (χ4v) is 4.09. The van der Waals surface area contributed by atoms with Crippen molar-refractivity contribution in [3.05, 3.63) is 92.6 Å². The molecule has 144 valence electrons. The first kappa shape index (κ1) is 18.8. The number of hydrogen-bond acceptors (Lipinski definition) is 5. The molecular weight excluding hydrogens is 384 g/mol. The molecule has 0 bridgehead atoms. The van der Waals surface area contributed by atoms with Crippen LogP contribution in [0, 0.1) is 10.1 Å². The number of aromatic nitrogens is 1. The summed E-state index contributed by atoms with van der Waals surface area (Å²) in [4.78, 5) is 11.2. The molecule has 0 saturated heterocycles. The predicted octanol–water partition coefficient (Wildman–Crippen LogP) is 5.23. The first-order chi connectivity index (χ1) is 14.2. The molecule has 0 unspecified atom stereocenters. The Morgan fingerprint density at radius 3 is 2.69 bits per heavy atom. The molecular formula is C22H18N4O2S. The summed E-state index contributed by atoms with van der Waals surface area (Å²) >= 11 is 1.52. The van der Waals surface area contributed by atoms with Gasteiger partial charge in [-0.3, -0.25) is 10.1 Å². The minimum absolute atomic E-state index is 0.0345. The van der Waals surface area contributed by atoms with Gasteiger partial charge in [-0.05, 0) is 29.3 Å². The van der Waals surface area contributed by atoms with Gasteiger partial charge in [-0.15, -0.1) is 16.4 Å². The van der Waals surface area contributed by atoms with Gasteiger partial charge in [0.15, 0.2) is 0 Å². The zero-order valence-electron chi connectivity index (χ0n) is 15.7. The van der Waals surface area contributed by atoms with Crippen LogP contribution in [0.2, 0.25) is 0 Å². The molecule has 0 aliphatic rings. The summed E-state index contributed by atoms with van der Waals surface area (Å²) in [6.45, 7) is 2.83. The number of non-ortho nitro benzene ring substituents is 1. The van der Waals surface area contributed by atoms with E-state index in [-0.39, 0.29) is 5.69 Å².